The lowest BCUT2D eigenvalue weighted by atomic mass is 10.2. The van der Waals surface area contributed by atoms with Gasteiger partial charge in [-0.2, -0.15) is 0 Å². The fourth-order valence-corrected chi connectivity index (χ4v) is 1.02. The fourth-order valence-electron chi connectivity index (χ4n) is 1.02. The number of carboxylic acids is 1. The number of aromatic amines is 1. The molecule has 1 rings (SSSR count). The van der Waals surface area contributed by atoms with Crippen LogP contribution in [-0.2, 0) is 4.79 Å². The van der Waals surface area contributed by atoms with Crippen LogP contribution in [0, 0.1) is 6.92 Å². The van der Waals surface area contributed by atoms with Gasteiger partial charge in [-0.1, -0.05) is 0 Å². The van der Waals surface area contributed by atoms with E-state index in [1.165, 1.54) is 0 Å². The molecule has 0 saturated heterocycles. The van der Waals surface area contributed by atoms with E-state index >= 15 is 0 Å². The molecule has 0 aliphatic carbocycles. The summed E-state index contributed by atoms with van der Waals surface area (Å²) in [5.41, 5.74) is 1.34. The Hall–Kier alpha value is -1.58. The second kappa shape index (κ2) is 3.89. The number of carbonyl (C=O) groups is 2. The Labute approximate surface area is 75.6 Å². The van der Waals surface area contributed by atoms with E-state index in [9.17, 15) is 14.7 Å². The second-order valence-corrected chi connectivity index (χ2v) is 2.85. The van der Waals surface area contributed by atoms with Crippen molar-refractivity contribution in [3.8, 4) is 0 Å². The SMILES string of the molecule is Cc1ccc(C(=O)CCC(=O)[O-])[nH]1. The van der Waals surface area contributed by atoms with Gasteiger partial charge in [-0.15, -0.1) is 0 Å². The van der Waals surface area contributed by atoms with Gasteiger partial charge in [0.2, 0.25) is 0 Å². The Balaban J connectivity index is 2.54. The van der Waals surface area contributed by atoms with Gasteiger partial charge in [-0.05, 0) is 25.5 Å². The van der Waals surface area contributed by atoms with Crippen molar-refractivity contribution in [2.24, 2.45) is 0 Å². The molecular weight excluding hydrogens is 170 g/mol. The summed E-state index contributed by atoms with van der Waals surface area (Å²) in [4.78, 5) is 24.1. The van der Waals surface area contributed by atoms with Crippen LogP contribution in [0.1, 0.15) is 29.0 Å². The van der Waals surface area contributed by atoms with E-state index in [1.807, 2.05) is 6.92 Å². The van der Waals surface area contributed by atoms with Crippen LogP contribution < -0.4 is 5.11 Å². The zero-order valence-electron chi connectivity index (χ0n) is 7.29. The lowest BCUT2D eigenvalue weighted by molar-refractivity contribution is -0.305. The van der Waals surface area contributed by atoms with Crippen LogP contribution in [0.4, 0.5) is 0 Å². The van der Waals surface area contributed by atoms with Crippen molar-refractivity contribution in [2.75, 3.05) is 0 Å². The number of ketones is 1. The predicted octanol–water partition coefficient (Wildman–Crippen LogP) is 0.0359. The van der Waals surface area contributed by atoms with E-state index in [4.69, 9.17) is 0 Å². The molecule has 0 aliphatic rings. The van der Waals surface area contributed by atoms with E-state index in [2.05, 4.69) is 4.98 Å². The van der Waals surface area contributed by atoms with Crippen LogP contribution in [0.2, 0.25) is 0 Å². The Morgan fingerprint density at radius 3 is 2.54 bits per heavy atom. The summed E-state index contributed by atoms with van der Waals surface area (Å²) in [6, 6.07) is 3.42. The van der Waals surface area contributed by atoms with Gasteiger partial charge in [0.25, 0.3) is 0 Å². The predicted molar refractivity (Wildman–Crippen MR) is 44.1 cm³/mol. The molecule has 1 aromatic rings. The summed E-state index contributed by atoms with van der Waals surface area (Å²) in [5, 5.41) is 10.1. The highest BCUT2D eigenvalue weighted by Gasteiger charge is 2.06. The number of nitrogens with one attached hydrogen (secondary N) is 1. The van der Waals surface area contributed by atoms with Crippen LogP contribution in [0.5, 0.6) is 0 Å². The summed E-state index contributed by atoms with van der Waals surface area (Å²) in [6.45, 7) is 1.83. The molecule has 4 nitrogen and oxygen atoms in total. The summed E-state index contributed by atoms with van der Waals surface area (Å²) in [6.07, 6.45) is -0.237. The van der Waals surface area contributed by atoms with Gasteiger partial charge in [-0.25, -0.2) is 0 Å². The van der Waals surface area contributed by atoms with Crippen LogP contribution in [-0.4, -0.2) is 16.7 Å². The molecule has 0 spiro atoms. The minimum absolute atomic E-state index is 0.0116. The molecular formula is C9H10NO3-. The van der Waals surface area contributed by atoms with Gasteiger partial charge in [-0.3, -0.25) is 4.79 Å². The molecule has 0 bridgehead atoms. The first kappa shape index (κ1) is 9.51. The van der Waals surface area contributed by atoms with Crippen molar-refractivity contribution in [3.05, 3.63) is 23.5 Å². The molecule has 0 aliphatic heterocycles. The third-order valence-corrected chi connectivity index (χ3v) is 1.69. The maximum atomic E-state index is 11.2. The second-order valence-electron chi connectivity index (χ2n) is 2.85. The standard InChI is InChI=1S/C9H11NO3/c1-6-2-3-7(10-6)8(11)4-5-9(12)13/h2-3,10H,4-5H2,1H3,(H,12,13)/p-1. The quantitative estimate of drug-likeness (QED) is 0.664. The van der Waals surface area contributed by atoms with Crippen molar-refractivity contribution in [1.82, 2.24) is 4.98 Å². The average Bonchev–Trinajstić information content (AvgIpc) is 2.47. The smallest absolute Gasteiger partial charge is 0.179 e. The van der Waals surface area contributed by atoms with Gasteiger partial charge >= 0.3 is 0 Å². The number of hydrogen-bond acceptors (Lipinski definition) is 3. The molecule has 0 radical (unpaired) electrons. The highest BCUT2D eigenvalue weighted by molar-refractivity contribution is 5.95. The van der Waals surface area contributed by atoms with Gasteiger partial charge in [0.1, 0.15) is 0 Å². The first-order valence-corrected chi connectivity index (χ1v) is 3.98. The molecule has 0 amide bonds. The van der Waals surface area contributed by atoms with Crippen LogP contribution >= 0.6 is 0 Å². The zero-order valence-corrected chi connectivity index (χ0v) is 7.29. The number of carboxylic acid groups (broad SMARTS) is 1. The number of carbonyl (C=O) groups excluding carboxylic acids is 2. The molecule has 0 unspecified atom stereocenters. The van der Waals surface area contributed by atoms with E-state index in [-0.39, 0.29) is 18.6 Å². The molecule has 4 heteroatoms. The van der Waals surface area contributed by atoms with Gasteiger partial charge in [0, 0.05) is 18.1 Å². The monoisotopic (exact) mass is 180 g/mol. The van der Waals surface area contributed by atoms with Crippen molar-refractivity contribution in [2.45, 2.75) is 19.8 Å². The van der Waals surface area contributed by atoms with Crippen LogP contribution in [0.15, 0.2) is 12.1 Å². The molecule has 1 heterocycles. The van der Waals surface area contributed by atoms with Gasteiger partial charge in [0.15, 0.2) is 5.78 Å². The van der Waals surface area contributed by atoms with Crippen molar-refractivity contribution >= 4 is 11.8 Å². The average molecular weight is 180 g/mol. The van der Waals surface area contributed by atoms with Crippen molar-refractivity contribution in [1.29, 1.82) is 0 Å². The zero-order chi connectivity index (χ0) is 9.84. The first-order valence-electron chi connectivity index (χ1n) is 3.98. The molecule has 1 N–H and O–H groups in total. The molecule has 1 aromatic heterocycles. The summed E-state index contributed by atoms with van der Waals surface area (Å²) < 4.78 is 0. The summed E-state index contributed by atoms with van der Waals surface area (Å²) >= 11 is 0. The maximum absolute atomic E-state index is 11.2. The van der Waals surface area contributed by atoms with Crippen LogP contribution in [0.25, 0.3) is 0 Å². The van der Waals surface area contributed by atoms with Gasteiger partial charge < -0.3 is 14.9 Å². The summed E-state index contributed by atoms with van der Waals surface area (Å²) in [7, 11) is 0. The third kappa shape index (κ3) is 2.74. The number of aryl methyl sites for hydroxylation is 1. The van der Waals surface area contributed by atoms with E-state index in [1.54, 1.807) is 12.1 Å². The Morgan fingerprint density at radius 1 is 1.38 bits per heavy atom. The lowest BCUT2D eigenvalue weighted by Crippen LogP contribution is -2.22. The highest BCUT2D eigenvalue weighted by atomic mass is 16.4. The fraction of sp³-hybridized carbons (Fsp3) is 0.333. The number of Topliss-reactive ketones (excluding diaryl/α,β-unsaturated/α-hetero) is 1. The molecule has 13 heavy (non-hydrogen) atoms. The van der Waals surface area contributed by atoms with E-state index in [0.717, 1.165) is 5.69 Å². The van der Waals surface area contributed by atoms with Crippen molar-refractivity contribution in [3.63, 3.8) is 0 Å². The topological polar surface area (TPSA) is 73.0 Å². The molecule has 0 atom stereocenters. The summed E-state index contributed by atoms with van der Waals surface area (Å²) in [5.74, 6) is -1.39. The minimum atomic E-state index is -1.20. The minimum Gasteiger partial charge on any atom is -0.550 e. The number of H-pyrrole nitrogens is 1. The Bertz CT molecular complexity index is 327. The Kier molecular flexibility index (Phi) is 2.84. The maximum Gasteiger partial charge on any atom is 0.179 e. The van der Waals surface area contributed by atoms with E-state index in [0.29, 0.717) is 5.69 Å². The number of rotatable bonds is 4. The lowest BCUT2D eigenvalue weighted by Gasteiger charge is -1.99. The number of hydrogen-bond donors (Lipinski definition) is 1. The van der Waals surface area contributed by atoms with Gasteiger partial charge in [0.05, 0.1) is 5.69 Å². The molecule has 0 aromatic carbocycles. The number of aliphatic carboxylic acids is 1. The van der Waals surface area contributed by atoms with E-state index < -0.39 is 5.97 Å². The number of aromatic nitrogens is 1. The van der Waals surface area contributed by atoms with Crippen LogP contribution in [0.3, 0.4) is 0 Å². The Morgan fingerprint density at radius 2 is 2.08 bits per heavy atom. The molecule has 70 valence electrons. The molecule has 0 fully saturated rings. The first-order chi connectivity index (χ1) is 6.09. The third-order valence-electron chi connectivity index (χ3n) is 1.69. The highest BCUT2D eigenvalue weighted by Crippen LogP contribution is 2.04. The van der Waals surface area contributed by atoms with Crippen molar-refractivity contribution < 1.29 is 14.7 Å². The molecule has 0 saturated carbocycles. The normalized spacial score (nSPS) is 9.92. The largest absolute Gasteiger partial charge is 0.550 e.